The molecule has 6 heteroatoms. The summed E-state index contributed by atoms with van der Waals surface area (Å²) in [4.78, 5) is 23.5. The minimum atomic E-state index is -0.561. The van der Waals surface area contributed by atoms with Crippen LogP contribution < -0.4 is 0 Å². The van der Waals surface area contributed by atoms with Crippen LogP contribution in [0.3, 0.4) is 0 Å². The van der Waals surface area contributed by atoms with E-state index in [4.69, 9.17) is 18.9 Å². The molecule has 30 heavy (non-hydrogen) atoms. The fourth-order valence-corrected chi connectivity index (χ4v) is 4.79. The van der Waals surface area contributed by atoms with Crippen LogP contribution in [-0.2, 0) is 28.5 Å². The Morgan fingerprint density at radius 3 is 2.53 bits per heavy atom. The van der Waals surface area contributed by atoms with E-state index in [1.165, 1.54) is 13.8 Å². The number of carbonyl (C=O) groups excluding carboxylic acids is 2. The van der Waals surface area contributed by atoms with Crippen LogP contribution in [0, 0.1) is 11.8 Å². The predicted octanol–water partition coefficient (Wildman–Crippen LogP) is 4.25. The van der Waals surface area contributed by atoms with E-state index >= 15 is 0 Å². The van der Waals surface area contributed by atoms with Crippen molar-refractivity contribution in [2.24, 2.45) is 11.8 Å². The molecule has 0 aromatic rings. The zero-order valence-electron chi connectivity index (χ0n) is 18.6. The molecule has 6 atom stereocenters. The molecular weight excluding hydrogens is 384 g/mol. The van der Waals surface area contributed by atoms with Gasteiger partial charge < -0.3 is 18.9 Å². The topological polar surface area (TPSA) is 74.4 Å². The molecule has 3 aliphatic rings. The van der Waals surface area contributed by atoms with Gasteiger partial charge in [-0.15, -0.1) is 0 Å². The lowest BCUT2D eigenvalue weighted by Crippen LogP contribution is -2.36. The van der Waals surface area contributed by atoms with Gasteiger partial charge in [-0.1, -0.05) is 18.7 Å². The minimum absolute atomic E-state index is 0.0759. The predicted molar refractivity (Wildman–Crippen MR) is 112 cm³/mol. The quantitative estimate of drug-likeness (QED) is 0.365. The number of fused-ring (bicyclic) bond motifs is 2. The average molecular weight is 419 g/mol. The van der Waals surface area contributed by atoms with Crippen LogP contribution in [0.1, 0.15) is 59.8 Å². The third-order valence-electron chi connectivity index (χ3n) is 6.61. The lowest BCUT2D eigenvalue weighted by molar-refractivity contribution is -0.150. The molecule has 166 valence electrons. The molecule has 0 aromatic heterocycles. The number of carbonyl (C=O) groups is 2. The largest absolute Gasteiger partial charge is 0.500 e. The van der Waals surface area contributed by atoms with E-state index in [-0.39, 0.29) is 23.4 Å². The van der Waals surface area contributed by atoms with Gasteiger partial charge in [0, 0.05) is 31.8 Å². The highest BCUT2D eigenvalue weighted by Gasteiger charge is 2.53. The van der Waals surface area contributed by atoms with Crippen molar-refractivity contribution in [3.05, 3.63) is 36.1 Å². The van der Waals surface area contributed by atoms with Crippen molar-refractivity contribution in [3.8, 4) is 0 Å². The Morgan fingerprint density at radius 1 is 1.20 bits per heavy atom. The molecule has 6 nitrogen and oxygen atoms in total. The van der Waals surface area contributed by atoms with Gasteiger partial charge in [0.1, 0.15) is 12.2 Å². The first-order chi connectivity index (χ1) is 14.1. The Hall–Kier alpha value is -2.08. The second-order valence-electron chi connectivity index (χ2n) is 9.10. The summed E-state index contributed by atoms with van der Waals surface area (Å²) in [6.45, 7) is 15.6. The van der Waals surface area contributed by atoms with E-state index < -0.39 is 18.2 Å². The van der Waals surface area contributed by atoms with E-state index in [2.05, 4.69) is 20.1 Å². The van der Waals surface area contributed by atoms with Crippen molar-refractivity contribution in [1.29, 1.82) is 0 Å². The highest BCUT2D eigenvalue weighted by atomic mass is 16.6. The van der Waals surface area contributed by atoms with E-state index in [0.29, 0.717) is 24.7 Å². The fourth-order valence-electron chi connectivity index (χ4n) is 4.79. The molecule has 0 spiro atoms. The molecule has 3 rings (SSSR count). The Morgan fingerprint density at radius 2 is 1.90 bits per heavy atom. The van der Waals surface area contributed by atoms with Gasteiger partial charge in [-0.2, -0.15) is 0 Å². The second-order valence-corrected chi connectivity index (χ2v) is 9.10. The summed E-state index contributed by atoms with van der Waals surface area (Å²) in [6.07, 6.45) is 4.96. The zero-order valence-corrected chi connectivity index (χ0v) is 18.6. The molecule has 2 aliphatic heterocycles. The average Bonchev–Trinajstić information content (AvgIpc) is 3.31. The van der Waals surface area contributed by atoms with Gasteiger partial charge in [-0.3, -0.25) is 9.59 Å². The van der Waals surface area contributed by atoms with Crippen molar-refractivity contribution >= 4 is 11.9 Å². The third-order valence-corrected chi connectivity index (χ3v) is 6.61. The van der Waals surface area contributed by atoms with E-state index in [1.807, 2.05) is 0 Å². The molecule has 1 saturated carbocycles. The molecule has 1 aliphatic carbocycles. The first-order valence-electron chi connectivity index (χ1n) is 10.8. The Bertz CT molecular complexity index is 753. The van der Waals surface area contributed by atoms with Crippen LogP contribution in [-0.4, -0.2) is 42.5 Å². The maximum absolute atomic E-state index is 11.9. The zero-order chi connectivity index (χ0) is 22.1. The summed E-state index contributed by atoms with van der Waals surface area (Å²) < 4.78 is 23.0. The molecule has 0 radical (unpaired) electrons. The van der Waals surface area contributed by atoms with Gasteiger partial charge in [0.25, 0.3) is 0 Å². The summed E-state index contributed by atoms with van der Waals surface area (Å²) in [5.74, 6) is -0.470. The third kappa shape index (κ3) is 5.15. The maximum Gasteiger partial charge on any atom is 0.303 e. The number of esters is 2. The van der Waals surface area contributed by atoms with Gasteiger partial charge in [0.15, 0.2) is 0 Å². The summed E-state index contributed by atoms with van der Waals surface area (Å²) in [5, 5.41) is 0. The fraction of sp³-hybridized carbons (Fsp3) is 0.667. The molecule has 0 aromatic carbocycles. The summed E-state index contributed by atoms with van der Waals surface area (Å²) in [6, 6.07) is 0. The number of epoxide rings is 1. The number of hydrogen-bond donors (Lipinski definition) is 0. The van der Waals surface area contributed by atoms with Gasteiger partial charge in [0.2, 0.25) is 0 Å². The molecular formula is C24H34O6. The van der Waals surface area contributed by atoms with Gasteiger partial charge >= 0.3 is 11.9 Å². The van der Waals surface area contributed by atoms with Gasteiger partial charge in [0.05, 0.1) is 24.6 Å². The van der Waals surface area contributed by atoms with Crippen molar-refractivity contribution in [1.82, 2.24) is 0 Å². The molecule has 2 fully saturated rings. The summed E-state index contributed by atoms with van der Waals surface area (Å²) in [5.41, 5.74) is 2.71. The highest BCUT2D eigenvalue weighted by Crippen LogP contribution is 2.49. The number of hydrogen-bond acceptors (Lipinski definition) is 6. The highest BCUT2D eigenvalue weighted by molar-refractivity contribution is 5.67. The van der Waals surface area contributed by atoms with Crippen molar-refractivity contribution in [2.75, 3.05) is 6.61 Å². The number of ether oxygens (including phenoxy) is 4. The van der Waals surface area contributed by atoms with Crippen LogP contribution in [0.15, 0.2) is 36.1 Å². The van der Waals surface area contributed by atoms with Crippen LogP contribution in [0.4, 0.5) is 0 Å². The van der Waals surface area contributed by atoms with Crippen molar-refractivity contribution in [2.45, 2.75) is 83.7 Å². The lowest BCUT2D eigenvalue weighted by atomic mass is 9.74. The van der Waals surface area contributed by atoms with Crippen LogP contribution in [0.25, 0.3) is 0 Å². The standard InChI is InChI=1S/C24H34O6/c1-14(2)21(28-16(4)25)11-22(29-17(5)26)20-13-27-12-19-15(3)7-8-23-24(6,30-23)10-9-18(19)20/h13,18-19,21-23H,1,3,7-12H2,2,4-6H3/t18-,19-,21+,22+,23-,24-/m0/s1. The van der Waals surface area contributed by atoms with Crippen LogP contribution in [0.5, 0.6) is 0 Å². The number of rotatable bonds is 6. The Balaban J connectivity index is 1.87. The van der Waals surface area contributed by atoms with Crippen molar-refractivity contribution in [3.63, 3.8) is 0 Å². The smallest absolute Gasteiger partial charge is 0.303 e. The maximum atomic E-state index is 11.9. The molecule has 0 amide bonds. The van der Waals surface area contributed by atoms with Gasteiger partial charge in [-0.05, 0) is 51.0 Å². The SMILES string of the molecule is C=C(C)[C@@H](C[C@@H](OC(C)=O)C1=COC[C@H]2C(=C)CC[C@@H]3O[C@@]3(C)CC[C@H]12)OC(C)=O. The summed E-state index contributed by atoms with van der Waals surface area (Å²) in [7, 11) is 0. The molecule has 0 bridgehead atoms. The molecule has 1 saturated heterocycles. The van der Waals surface area contributed by atoms with E-state index in [0.717, 1.165) is 36.8 Å². The summed E-state index contributed by atoms with van der Waals surface area (Å²) >= 11 is 0. The monoisotopic (exact) mass is 418 g/mol. The van der Waals surface area contributed by atoms with E-state index in [1.54, 1.807) is 13.2 Å². The Kier molecular flexibility index (Phi) is 6.75. The first kappa shape index (κ1) is 22.6. The van der Waals surface area contributed by atoms with Crippen LogP contribution in [0.2, 0.25) is 0 Å². The lowest BCUT2D eigenvalue weighted by Gasteiger charge is -2.37. The van der Waals surface area contributed by atoms with Crippen LogP contribution >= 0.6 is 0 Å². The molecule has 0 N–H and O–H groups in total. The normalized spacial score (nSPS) is 32.5. The minimum Gasteiger partial charge on any atom is -0.500 e. The second kappa shape index (κ2) is 8.96. The van der Waals surface area contributed by atoms with E-state index in [9.17, 15) is 9.59 Å². The molecule has 2 heterocycles. The van der Waals surface area contributed by atoms with Crippen molar-refractivity contribution < 1.29 is 28.5 Å². The first-order valence-corrected chi connectivity index (χ1v) is 10.8. The Labute approximate surface area is 179 Å². The molecule has 0 unspecified atom stereocenters. The van der Waals surface area contributed by atoms with Gasteiger partial charge in [-0.25, -0.2) is 0 Å².